The zero-order valence-corrected chi connectivity index (χ0v) is 64.6. The van der Waals surface area contributed by atoms with E-state index in [2.05, 4.69) is 66.2 Å². The first kappa shape index (κ1) is 82.0. The molecule has 0 spiro atoms. The molecule has 24 heteroatoms. The Morgan fingerprint density at radius 2 is 0.862 bits per heavy atom. The van der Waals surface area contributed by atoms with Crippen molar-refractivity contribution in [3.8, 4) is 5.75 Å². The topological polar surface area (TPSA) is 307 Å². The molecule has 3 aliphatic carbocycles. The Bertz CT molecular complexity index is 4410. The first-order valence-electron chi connectivity index (χ1n) is 37.4. The van der Waals surface area contributed by atoms with Crippen LogP contribution < -0.4 is 36.6 Å². The molecule has 1 unspecified atom stereocenters. The van der Waals surface area contributed by atoms with Crippen molar-refractivity contribution in [2.24, 2.45) is 21.8 Å². The Morgan fingerprint density at radius 1 is 0.450 bits per heavy atom. The van der Waals surface area contributed by atoms with Crippen LogP contribution in [-0.4, -0.2) is 121 Å². The minimum Gasteiger partial charge on any atom is -0.493 e. The monoisotopic (exact) mass is 1490 g/mol. The van der Waals surface area contributed by atoms with E-state index in [0.29, 0.717) is 37.2 Å². The quantitative estimate of drug-likeness (QED) is 0.00836. The van der Waals surface area contributed by atoms with Gasteiger partial charge in [0.2, 0.25) is 23.7 Å². The molecule has 24 nitrogen and oxygen atoms in total. The number of hydrogen-bond acceptors (Lipinski definition) is 18. The molecule has 0 bridgehead atoms. The molecule has 6 aromatic rings. The minimum absolute atomic E-state index is 0.00557. The summed E-state index contributed by atoms with van der Waals surface area (Å²) in [5.41, 5.74) is 2.52. The maximum Gasteiger partial charge on any atom is 0.414 e. The van der Waals surface area contributed by atoms with Crippen molar-refractivity contribution in [2.75, 3.05) is 26.3 Å². The Labute approximate surface area is 637 Å². The van der Waals surface area contributed by atoms with Crippen LogP contribution in [-0.2, 0) is 65.5 Å². The molecule has 580 valence electrons. The molecule has 6 N–H and O–H groups in total. The Hall–Kier alpha value is -11.0. The third-order valence-electron chi connectivity index (χ3n) is 17.4. The summed E-state index contributed by atoms with van der Waals surface area (Å²) in [5.74, 6) is -0.998. The van der Waals surface area contributed by atoms with Crippen LogP contribution in [0.15, 0.2) is 173 Å². The van der Waals surface area contributed by atoms with E-state index < -0.39 is 70.8 Å². The third-order valence-corrected chi connectivity index (χ3v) is 17.4. The molecule has 6 amide bonds. The number of allylic oxidation sites excluding steroid dienone is 7. The van der Waals surface area contributed by atoms with E-state index in [0.717, 1.165) is 66.6 Å². The standard InChI is InChI=1S/C85H104N8O16/c1-82(2,3)106-78(98)90-76(91-79(99)107-83(4,5)6)86-47-21-19-37-65(74(96)104-52-59-32-23-30-54-27-13-16-34-61(54)59)88-69(94)39-25-49-102-67-45-43-56-29-15-18-36-63(56)72(67)73-68(46-44-57-41-42-58-51-64(58)71(57)73)103-50-26-40-70(95)89-66(75(97)105-53-60-33-24-31-55-28-14-17-35-62(55)60)38-20-22-48-87-77(92-80(100)108-84(7,8)9)93-81(101)109-85(10,11)12/h13-18,23-24,27-36,41-46,64-66,71H,19-22,25-26,37-40,47-53H2,1-12H3,(H,88,94)(H,89,95)(H2,86,90,91,98,99)(H2,87,92,93,100,101)/t64-,65+,66+,71?/m0/s1. The molecule has 109 heavy (non-hydrogen) atoms. The number of hydrogen-bond donors (Lipinski definition) is 6. The SMILES string of the molecule is CC(C)(C)OC(=O)NC(=NCCCC[C@@H](NC(=O)CCCOC1=C(c2c(OCCCC(=O)N[C@H](CCCCN=C(NC(=O)OC(C)(C)C)NC(=O)OC(C)(C)C)C(=O)OCc3cccc4ccccc34)ccc3ccccc23)C2C(=CC=C3C[C@@H]32)C=C1)C(=O)OCc1cccc2ccccc12)NC(=O)OC(C)(C)C. The lowest BCUT2D eigenvalue weighted by Gasteiger charge is -2.31. The van der Waals surface area contributed by atoms with E-state index >= 15 is 0 Å². The molecular weight excluding hydrogens is 1390 g/mol. The predicted molar refractivity (Wildman–Crippen MR) is 419 cm³/mol. The first-order chi connectivity index (χ1) is 51.8. The number of benzene rings is 6. The number of nitrogens with one attached hydrogen (secondary N) is 6. The number of guanidine groups is 2. The number of alkyl carbamates (subject to hydrolysis) is 4. The molecule has 0 aliphatic heterocycles. The van der Waals surface area contributed by atoms with E-state index in [-0.39, 0.29) is 114 Å². The van der Waals surface area contributed by atoms with Crippen LogP contribution >= 0.6 is 0 Å². The highest BCUT2D eigenvalue weighted by Crippen LogP contribution is 2.58. The number of ether oxygens (including phenoxy) is 8. The molecule has 6 aromatic carbocycles. The Morgan fingerprint density at radius 3 is 1.31 bits per heavy atom. The van der Waals surface area contributed by atoms with Gasteiger partial charge in [0.1, 0.15) is 59.2 Å². The maximum atomic E-state index is 14.1. The second-order valence-electron chi connectivity index (χ2n) is 31.1. The zero-order valence-electron chi connectivity index (χ0n) is 64.6. The summed E-state index contributed by atoms with van der Waals surface area (Å²) in [6.45, 7) is 20.9. The van der Waals surface area contributed by atoms with E-state index in [1.54, 1.807) is 83.1 Å². The molecule has 1 saturated carbocycles. The van der Waals surface area contributed by atoms with E-state index in [1.165, 1.54) is 5.57 Å². The third kappa shape index (κ3) is 26.1. The first-order valence-corrected chi connectivity index (χ1v) is 37.4. The molecule has 9 rings (SSSR count). The van der Waals surface area contributed by atoms with Crippen molar-refractivity contribution >= 4 is 97.9 Å². The number of nitrogens with zero attached hydrogens (tertiary/aromatic N) is 2. The average Bonchev–Trinajstić information content (AvgIpc) is 1.62. The Balaban J connectivity index is 0.866. The second kappa shape index (κ2) is 37.7. The summed E-state index contributed by atoms with van der Waals surface area (Å²) >= 11 is 0. The summed E-state index contributed by atoms with van der Waals surface area (Å²) < 4.78 is 47.0. The number of amides is 6. The van der Waals surface area contributed by atoms with Crippen molar-refractivity contribution in [2.45, 2.75) is 201 Å². The number of fused-ring (bicyclic) bond motifs is 6. The number of rotatable bonds is 29. The summed E-state index contributed by atoms with van der Waals surface area (Å²) in [7, 11) is 0. The van der Waals surface area contributed by atoms with Crippen LogP contribution in [0.25, 0.3) is 37.9 Å². The van der Waals surface area contributed by atoms with Gasteiger partial charge in [-0.2, -0.15) is 0 Å². The minimum atomic E-state index is -1.04. The van der Waals surface area contributed by atoms with Crippen LogP contribution in [0.5, 0.6) is 5.75 Å². The summed E-state index contributed by atoms with van der Waals surface area (Å²) in [5, 5.41) is 21.6. The van der Waals surface area contributed by atoms with Crippen molar-refractivity contribution in [1.82, 2.24) is 31.9 Å². The van der Waals surface area contributed by atoms with Gasteiger partial charge in [0, 0.05) is 43.0 Å². The van der Waals surface area contributed by atoms with E-state index in [4.69, 9.17) is 37.9 Å². The van der Waals surface area contributed by atoms with Gasteiger partial charge >= 0.3 is 36.3 Å². The fraction of sp³-hybridized carbons (Fsp3) is 0.435. The number of carbonyl (C=O) groups is 8. The van der Waals surface area contributed by atoms with Crippen molar-refractivity contribution in [1.29, 1.82) is 0 Å². The van der Waals surface area contributed by atoms with Gasteiger partial charge in [-0.05, 0) is 208 Å². The number of carbonyl (C=O) groups excluding carboxylic acids is 8. The van der Waals surface area contributed by atoms with Crippen molar-refractivity contribution in [3.05, 3.63) is 179 Å². The van der Waals surface area contributed by atoms with Crippen LogP contribution in [0.3, 0.4) is 0 Å². The normalized spacial score (nSPS) is 15.0. The van der Waals surface area contributed by atoms with Gasteiger partial charge in [-0.15, -0.1) is 0 Å². The molecule has 0 heterocycles. The summed E-state index contributed by atoms with van der Waals surface area (Å²) in [4.78, 5) is 116. The van der Waals surface area contributed by atoms with Crippen LogP contribution in [0, 0.1) is 11.8 Å². The number of aliphatic imine (C=N–C) groups is 2. The van der Waals surface area contributed by atoms with Gasteiger partial charge in [-0.25, -0.2) is 28.8 Å². The predicted octanol–water partition coefficient (Wildman–Crippen LogP) is 15.5. The van der Waals surface area contributed by atoms with Gasteiger partial charge in [0.05, 0.1) is 13.2 Å². The lowest BCUT2D eigenvalue weighted by atomic mass is 9.76. The van der Waals surface area contributed by atoms with Gasteiger partial charge in [-0.1, -0.05) is 139 Å². The van der Waals surface area contributed by atoms with Gasteiger partial charge < -0.3 is 48.5 Å². The van der Waals surface area contributed by atoms with Gasteiger partial charge in [-0.3, -0.25) is 40.8 Å². The van der Waals surface area contributed by atoms with Crippen molar-refractivity contribution < 1.29 is 76.3 Å². The highest BCUT2D eigenvalue weighted by Gasteiger charge is 2.45. The fourth-order valence-corrected chi connectivity index (χ4v) is 12.6. The smallest absolute Gasteiger partial charge is 0.414 e. The number of esters is 2. The second-order valence-corrected chi connectivity index (χ2v) is 31.1. The highest BCUT2D eigenvalue weighted by molar-refractivity contribution is 6.03. The molecule has 0 aromatic heterocycles. The fourth-order valence-electron chi connectivity index (χ4n) is 12.6. The molecule has 3 aliphatic rings. The summed E-state index contributed by atoms with van der Waals surface area (Å²) in [6, 6.07) is 37.1. The van der Waals surface area contributed by atoms with Crippen LogP contribution in [0.1, 0.15) is 170 Å². The van der Waals surface area contributed by atoms with Crippen LogP contribution in [0.4, 0.5) is 19.2 Å². The van der Waals surface area contributed by atoms with Gasteiger partial charge in [0.15, 0.2) is 0 Å². The molecule has 4 atom stereocenters. The largest absolute Gasteiger partial charge is 0.493 e. The zero-order chi connectivity index (χ0) is 78.5. The molecule has 1 fully saturated rings. The van der Waals surface area contributed by atoms with Gasteiger partial charge in [0.25, 0.3) is 0 Å². The average molecular weight is 1490 g/mol. The van der Waals surface area contributed by atoms with E-state index in [9.17, 15) is 38.4 Å². The van der Waals surface area contributed by atoms with Crippen LogP contribution in [0.2, 0.25) is 0 Å². The summed E-state index contributed by atoms with van der Waals surface area (Å²) in [6.07, 6.45) is 8.44. The Kier molecular flexibility index (Phi) is 28.3. The maximum absolute atomic E-state index is 14.1. The van der Waals surface area contributed by atoms with Crippen molar-refractivity contribution in [3.63, 3.8) is 0 Å². The molecule has 0 radical (unpaired) electrons. The molecule has 0 saturated heterocycles. The lowest BCUT2D eigenvalue weighted by Crippen LogP contribution is -2.47. The van der Waals surface area contributed by atoms with E-state index in [1.807, 2.05) is 121 Å². The lowest BCUT2D eigenvalue weighted by molar-refractivity contribution is -0.149. The number of unbranched alkanes of at least 4 members (excludes halogenated alkanes) is 2. The highest BCUT2D eigenvalue weighted by atomic mass is 16.6. The molecular formula is C85H104N8O16.